The van der Waals surface area contributed by atoms with E-state index < -0.39 is 42.5 Å². The zero-order valence-electron chi connectivity index (χ0n) is 6.95. The molecule has 15 heavy (non-hydrogen) atoms. The van der Waals surface area contributed by atoms with Crippen LogP contribution in [-0.2, 0) is 21.2 Å². The van der Waals surface area contributed by atoms with E-state index in [1.54, 1.807) is 0 Å². The minimum atomic E-state index is -4.80. The molecule has 0 aliphatic rings. The van der Waals surface area contributed by atoms with Crippen molar-refractivity contribution in [2.45, 2.75) is 9.79 Å². The minimum absolute atomic E-state index is 0.521. The van der Waals surface area contributed by atoms with Crippen LogP contribution >= 0.6 is 0 Å². The van der Waals surface area contributed by atoms with Gasteiger partial charge < -0.3 is 14.8 Å². The van der Waals surface area contributed by atoms with Gasteiger partial charge in [-0.25, -0.2) is 0 Å². The van der Waals surface area contributed by atoms with Crippen LogP contribution < -0.4 is 0 Å². The summed E-state index contributed by atoms with van der Waals surface area (Å²) in [5.74, 6) is -2.06. The Labute approximate surface area is 87.0 Å². The normalized spacial score (nSPS) is 13.7. The number of benzene rings is 1. The summed E-state index contributed by atoms with van der Waals surface area (Å²) in [4.78, 5) is -1.64. The second kappa shape index (κ2) is 3.77. The number of phenolic OH excluding ortho intramolecular Hbond substituents is 2. The van der Waals surface area contributed by atoms with Crippen molar-refractivity contribution >= 4 is 21.2 Å². The molecule has 1 aromatic carbocycles. The Bertz CT molecular complexity index is 519. The second-order valence-corrected chi connectivity index (χ2v) is 4.83. The molecule has 1 unspecified atom stereocenters. The van der Waals surface area contributed by atoms with Crippen molar-refractivity contribution in [2.75, 3.05) is 0 Å². The third kappa shape index (κ3) is 2.45. The van der Waals surface area contributed by atoms with Gasteiger partial charge in [-0.15, -0.1) is 0 Å². The number of phenols is 2. The molecule has 0 aliphatic heterocycles. The molecule has 3 N–H and O–H groups in total. The monoisotopic (exact) mass is 253 g/mol. The summed E-state index contributed by atoms with van der Waals surface area (Å²) in [6, 6.07) is 1.17. The Morgan fingerprint density at radius 2 is 1.80 bits per heavy atom. The fourth-order valence-corrected chi connectivity index (χ4v) is 1.98. The molecule has 7 nitrogen and oxygen atoms in total. The van der Waals surface area contributed by atoms with Crippen molar-refractivity contribution in [1.82, 2.24) is 0 Å². The van der Waals surface area contributed by atoms with Crippen LogP contribution in [0.15, 0.2) is 21.9 Å². The lowest BCUT2D eigenvalue weighted by Crippen LogP contribution is -2.00. The van der Waals surface area contributed by atoms with Crippen molar-refractivity contribution in [3.05, 3.63) is 12.1 Å². The van der Waals surface area contributed by atoms with Gasteiger partial charge in [-0.2, -0.15) is 8.42 Å². The first-order chi connectivity index (χ1) is 6.73. The highest BCUT2D eigenvalue weighted by atomic mass is 32.2. The molecule has 0 aliphatic carbocycles. The number of hydrogen-bond donors (Lipinski definition) is 3. The Kier molecular flexibility index (Phi) is 3.00. The van der Waals surface area contributed by atoms with E-state index in [0.29, 0.717) is 12.1 Å². The van der Waals surface area contributed by atoms with Crippen LogP contribution in [0.1, 0.15) is 0 Å². The molecule has 0 amide bonds. The summed E-state index contributed by atoms with van der Waals surface area (Å²) in [5.41, 5.74) is 0. The van der Waals surface area contributed by atoms with Gasteiger partial charge in [-0.3, -0.25) is 8.76 Å². The molecule has 1 atom stereocenters. The first kappa shape index (κ1) is 11.9. The third-order valence-electron chi connectivity index (χ3n) is 1.50. The van der Waals surface area contributed by atoms with Crippen molar-refractivity contribution in [3.63, 3.8) is 0 Å². The van der Waals surface area contributed by atoms with E-state index in [9.17, 15) is 17.2 Å². The zero-order chi connectivity index (χ0) is 11.8. The van der Waals surface area contributed by atoms with Crippen LogP contribution in [0.3, 0.4) is 0 Å². The van der Waals surface area contributed by atoms with Crippen molar-refractivity contribution < 1.29 is 31.9 Å². The molecule has 0 saturated carbocycles. The smallest absolute Gasteiger partial charge is 0.298 e. The summed E-state index contributed by atoms with van der Waals surface area (Å²) >= 11 is -2.79. The topological polar surface area (TPSA) is 135 Å². The van der Waals surface area contributed by atoms with Gasteiger partial charge in [0.25, 0.3) is 10.1 Å². The third-order valence-corrected chi connectivity index (χ3v) is 2.99. The van der Waals surface area contributed by atoms with Gasteiger partial charge in [0.05, 0.1) is 0 Å². The molecule has 84 valence electrons. The summed E-state index contributed by atoms with van der Waals surface area (Å²) < 4.78 is 50.9. The molecular formula is C6H5O7S2-. The molecule has 0 fully saturated rings. The van der Waals surface area contributed by atoms with Gasteiger partial charge in [0.1, 0.15) is 4.90 Å². The van der Waals surface area contributed by atoms with Gasteiger partial charge >= 0.3 is 0 Å². The van der Waals surface area contributed by atoms with Gasteiger partial charge in [0.2, 0.25) is 0 Å². The molecule has 0 radical (unpaired) electrons. The van der Waals surface area contributed by atoms with E-state index in [4.69, 9.17) is 14.8 Å². The summed E-state index contributed by atoms with van der Waals surface area (Å²) in [7, 11) is -4.80. The van der Waals surface area contributed by atoms with E-state index in [1.807, 2.05) is 0 Å². The first-order valence-electron chi connectivity index (χ1n) is 3.36. The van der Waals surface area contributed by atoms with Gasteiger partial charge in [-0.05, 0) is 23.2 Å². The van der Waals surface area contributed by atoms with Crippen LogP contribution in [0, 0.1) is 0 Å². The highest BCUT2D eigenvalue weighted by Crippen LogP contribution is 2.34. The quantitative estimate of drug-likeness (QED) is 0.370. The number of hydrogen-bond acceptors (Lipinski definition) is 6. The lowest BCUT2D eigenvalue weighted by atomic mass is 10.3. The highest BCUT2D eigenvalue weighted by molar-refractivity contribution is 7.86. The van der Waals surface area contributed by atoms with Crippen molar-refractivity contribution in [1.29, 1.82) is 0 Å². The van der Waals surface area contributed by atoms with E-state index >= 15 is 0 Å². The fraction of sp³-hybridized carbons (Fsp3) is 0. The molecule has 0 bridgehead atoms. The predicted molar refractivity (Wildman–Crippen MR) is 46.8 cm³/mol. The van der Waals surface area contributed by atoms with Crippen LogP contribution in [-0.4, -0.2) is 31.9 Å². The van der Waals surface area contributed by atoms with E-state index in [1.165, 1.54) is 0 Å². The van der Waals surface area contributed by atoms with Crippen LogP contribution in [0.2, 0.25) is 0 Å². The predicted octanol–water partition coefficient (Wildman–Crippen LogP) is -0.417. The van der Waals surface area contributed by atoms with Crippen LogP contribution in [0.4, 0.5) is 0 Å². The molecular weight excluding hydrogens is 248 g/mol. The maximum absolute atomic E-state index is 10.7. The zero-order valence-corrected chi connectivity index (χ0v) is 8.58. The Hall–Kier alpha value is -1.16. The SMILES string of the molecule is O=S([O-])c1cc(O)c(O)c(S(=O)(=O)O)c1. The summed E-state index contributed by atoms with van der Waals surface area (Å²) in [6.07, 6.45) is 0. The minimum Gasteiger partial charge on any atom is -0.768 e. The number of aromatic hydroxyl groups is 2. The molecule has 1 rings (SSSR count). The Balaban J connectivity index is 3.59. The average Bonchev–Trinajstić information content (AvgIpc) is 2.06. The van der Waals surface area contributed by atoms with Gasteiger partial charge in [0.15, 0.2) is 11.5 Å². The molecule has 0 heterocycles. The Morgan fingerprint density at radius 1 is 1.27 bits per heavy atom. The van der Waals surface area contributed by atoms with E-state index in [2.05, 4.69) is 0 Å². The largest absolute Gasteiger partial charge is 0.768 e. The first-order valence-corrected chi connectivity index (χ1v) is 5.87. The van der Waals surface area contributed by atoms with Crippen molar-refractivity contribution in [3.8, 4) is 11.5 Å². The molecule has 1 aromatic rings. The van der Waals surface area contributed by atoms with E-state index in [0.717, 1.165) is 0 Å². The summed E-state index contributed by atoms with van der Waals surface area (Å²) in [6.45, 7) is 0. The fourth-order valence-electron chi connectivity index (χ4n) is 0.861. The highest BCUT2D eigenvalue weighted by Gasteiger charge is 2.19. The Morgan fingerprint density at radius 3 is 2.20 bits per heavy atom. The average molecular weight is 253 g/mol. The van der Waals surface area contributed by atoms with Crippen molar-refractivity contribution in [2.24, 2.45) is 0 Å². The molecule has 9 heteroatoms. The maximum atomic E-state index is 10.7. The van der Waals surface area contributed by atoms with Gasteiger partial charge in [0, 0.05) is 4.90 Å². The van der Waals surface area contributed by atoms with E-state index in [-0.39, 0.29) is 0 Å². The van der Waals surface area contributed by atoms with Crippen LogP contribution in [0.25, 0.3) is 0 Å². The summed E-state index contributed by atoms with van der Waals surface area (Å²) in [5, 5.41) is 18.0. The maximum Gasteiger partial charge on any atom is 0.298 e. The molecule has 0 spiro atoms. The molecule has 0 saturated heterocycles. The standard InChI is InChI=1S/C6H6O7S2/c7-4-1-3(14(9)10)2-5(6(4)8)15(11,12)13/h1-2,7-8H,(H,9,10)(H,11,12,13)/p-1. The van der Waals surface area contributed by atoms with Gasteiger partial charge in [-0.1, -0.05) is 0 Å². The number of rotatable bonds is 2. The van der Waals surface area contributed by atoms with Crippen LogP contribution in [0.5, 0.6) is 11.5 Å². The lowest BCUT2D eigenvalue weighted by molar-refractivity contribution is 0.387. The lowest BCUT2D eigenvalue weighted by Gasteiger charge is -2.09. The molecule has 0 aromatic heterocycles. The second-order valence-electron chi connectivity index (χ2n) is 2.50.